The van der Waals surface area contributed by atoms with Crippen LogP contribution in [-0.2, 0) is 14.5 Å². The summed E-state index contributed by atoms with van der Waals surface area (Å²) < 4.78 is 0.870. The molecule has 2 atom stereocenters. The zero-order chi connectivity index (χ0) is 16.2. The zero-order valence-corrected chi connectivity index (χ0v) is 14.6. The SMILES string of the molecule is CC1SC2(C(=O)Nc3ccccc32)N(c2cccc(Br)c2)C1=O. The minimum Gasteiger partial charge on any atom is -0.323 e. The van der Waals surface area contributed by atoms with Gasteiger partial charge in [-0.05, 0) is 31.2 Å². The van der Waals surface area contributed by atoms with Gasteiger partial charge in [-0.1, -0.05) is 40.2 Å². The van der Waals surface area contributed by atoms with E-state index in [1.54, 1.807) is 4.90 Å². The first-order valence-corrected chi connectivity index (χ1v) is 8.90. The first-order valence-electron chi connectivity index (χ1n) is 7.22. The van der Waals surface area contributed by atoms with Crippen LogP contribution in [0.3, 0.4) is 0 Å². The molecule has 0 aliphatic carbocycles. The van der Waals surface area contributed by atoms with Gasteiger partial charge < -0.3 is 5.32 Å². The maximum Gasteiger partial charge on any atom is 0.266 e. The number of halogens is 1. The molecule has 1 N–H and O–H groups in total. The van der Waals surface area contributed by atoms with Crippen LogP contribution in [0.15, 0.2) is 53.0 Å². The lowest BCUT2D eigenvalue weighted by molar-refractivity contribution is -0.122. The highest BCUT2D eigenvalue weighted by molar-refractivity contribution is 9.10. The highest BCUT2D eigenvalue weighted by atomic mass is 79.9. The average Bonchev–Trinajstić information content (AvgIpc) is 2.95. The molecule has 4 nitrogen and oxygen atoms in total. The van der Waals surface area contributed by atoms with Crippen molar-refractivity contribution in [3.63, 3.8) is 0 Å². The van der Waals surface area contributed by atoms with Gasteiger partial charge >= 0.3 is 0 Å². The van der Waals surface area contributed by atoms with Gasteiger partial charge in [0.15, 0.2) is 0 Å². The van der Waals surface area contributed by atoms with Crippen LogP contribution in [0.2, 0.25) is 0 Å². The minimum atomic E-state index is -1.03. The highest BCUT2D eigenvalue weighted by Crippen LogP contribution is 2.56. The molecule has 2 heterocycles. The Balaban J connectivity index is 1.96. The summed E-state index contributed by atoms with van der Waals surface area (Å²) in [6.07, 6.45) is 0. The van der Waals surface area contributed by atoms with E-state index in [1.165, 1.54) is 11.8 Å². The molecule has 0 bridgehead atoms. The quantitative estimate of drug-likeness (QED) is 0.809. The predicted molar refractivity (Wildman–Crippen MR) is 95.4 cm³/mol. The van der Waals surface area contributed by atoms with Gasteiger partial charge in [0.25, 0.3) is 5.91 Å². The molecule has 2 aromatic rings. The number of amides is 2. The molecule has 116 valence electrons. The Labute approximate surface area is 146 Å². The third-order valence-electron chi connectivity index (χ3n) is 4.14. The fourth-order valence-electron chi connectivity index (χ4n) is 3.18. The Morgan fingerprint density at radius 3 is 2.74 bits per heavy atom. The van der Waals surface area contributed by atoms with Crippen LogP contribution in [-0.4, -0.2) is 17.1 Å². The van der Waals surface area contributed by atoms with Crippen LogP contribution in [0.5, 0.6) is 0 Å². The number of fused-ring (bicyclic) bond motifs is 2. The molecule has 2 aliphatic heterocycles. The van der Waals surface area contributed by atoms with E-state index >= 15 is 0 Å². The summed E-state index contributed by atoms with van der Waals surface area (Å²) in [6, 6.07) is 15.1. The lowest BCUT2D eigenvalue weighted by atomic mass is 10.0. The van der Waals surface area contributed by atoms with Crippen LogP contribution in [0.4, 0.5) is 11.4 Å². The average molecular weight is 389 g/mol. The Morgan fingerprint density at radius 1 is 1.17 bits per heavy atom. The number of carbonyl (C=O) groups is 2. The second kappa shape index (κ2) is 5.11. The third kappa shape index (κ3) is 1.98. The van der Waals surface area contributed by atoms with Crippen molar-refractivity contribution in [2.75, 3.05) is 10.2 Å². The van der Waals surface area contributed by atoms with E-state index < -0.39 is 4.87 Å². The largest absolute Gasteiger partial charge is 0.323 e. The van der Waals surface area contributed by atoms with Crippen molar-refractivity contribution in [3.8, 4) is 0 Å². The molecule has 0 saturated carbocycles. The van der Waals surface area contributed by atoms with Gasteiger partial charge in [-0.2, -0.15) is 0 Å². The number of rotatable bonds is 1. The van der Waals surface area contributed by atoms with E-state index in [-0.39, 0.29) is 17.1 Å². The van der Waals surface area contributed by atoms with Crippen molar-refractivity contribution < 1.29 is 9.59 Å². The van der Waals surface area contributed by atoms with Crippen molar-refractivity contribution >= 4 is 50.9 Å². The number of thioether (sulfide) groups is 1. The molecule has 1 saturated heterocycles. The number of nitrogens with zero attached hydrogens (tertiary/aromatic N) is 1. The molecule has 2 unspecified atom stereocenters. The standard InChI is InChI=1S/C17H13BrN2O2S/c1-10-15(21)20(12-6-4-5-11(18)9-12)17(23-10)13-7-2-3-8-14(13)19-16(17)22/h2-10H,1H3,(H,19,22). The van der Waals surface area contributed by atoms with E-state index in [2.05, 4.69) is 21.2 Å². The van der Waals surface area contributed by atoms with Gasteiger partial charge in [0, 0.05) is 21.4 Å². The summed E-state index contributed by atoms with van der Waals surface area (Å²) in [5.74, 6) is -0.221. The molecule has 2 aliphatic rings. The lowest BCUT2D eigenvalue weighted by Gasteiger charge is -2.32. The normalized spacial score (nSPS) is 25.8. The highest BCUT2D eigenvalue weighted by Gasteiger charge is 2.60. The molecule has 0 aromatic heterocycles. The monoisotopic (exact) mass is 388 g/mol. The van der Waals surface area contributed by atoms with E-state index in [4.69, 9.17) is 0 Å². The Kier molecular flexibility index (Phi) is 3.28. The molecular weight excluding hydrogens is 376 g/mol. The summed E-state index contributed by atoms with van der Waals surface area (Å²) in [5, 5.41) is 2.63. The van der Waals surface area contributed by atoms with Gasteiger partial charge in [0.05, 0.1) is 5.25 Å². The zero-order valence-electron chi connectivity index (χ0n) is 12.2. The number of para-hydroxylation sites is 1. The summed E-state index contributed by atoms with van der Waals surface area (Å²) in [4.78, 5) is 26.3. The first-order chi connectivity index (χ1) is 11.0. The van der Waals surface area contributed by atoms with Crippen LogP contribution in [0.25, 0.3) is 0 Å². The molecule has 23 heavy (non-hydrogen) atoms. The maximum absolute atomic E-state index is 12.9. The molecule has 2 amide bonds. The fraction of sp³-hybridized carbons (Fsp3) is 0.176. The van der Waals surface area contributed by atoms with E-state index in [0.29, 0.717) is 5.69 Å². The maximum atomic E-state index is 12.9. The van der Waals surface area contributed by atoms with Gasteiger partial charge in [0.2, 0.25) is 10.8 Å². The second-order valence-corrected chi connectivity index (χ2v) is 8.01. The fourth-order valence-corrected chi connectivity index (χ4v) is 5.05. The Morgan fingerprint density at radius 2 is 1.96 bits per heavy atom. The van der Waals surface area contributed by atoms with Crippen molar-refractivity contribution in [3.05, 3.63) is 58.6 Å². The van der Waals surface area contributed by atoms with Crippen molar-refractivity contribution in [1.82, 2.24) is 0 Å². The van der Waals surface area contributed by atoms with E-state index in [0.717, 1.165) is 15.7 Å². The molecule has 2 aromatic carbocycles. The topological polar surface area (TPSA) is 49.4 Å². The van der Waals surface area contributed by atoms with Gasteiger partial charge in [-0.3, -0.25) is 14.5 Å². The number of nitrogens with one attached hydrogen (secondary N) is 1. The van der Waals surface area contributed by atoms with E-state index in [1.807, 2.05) is 55.5 Å². The Hall–Kier alpha value is -1.79. The van der Waals surface area contributed by atoms with Gasteiger partial charge in [0.1, 0.15) is 0 Å². The minimum absolute atomic E-state index is 0.0556. The third-order valence-corrected chi connectivity index (χ3v) is 6.12. The van der Waals surface area contributed by atoms with Crippen LogP contribution >= 0.6 is 27.7 Å². The van der Waals surface area contributed by atoms with Gasteiger partial charge in [-0.25, -0.2) is 0 Å². The second-order valence-electron chi connectivity index (χ2n) is 5.56. The predicted octanol–water partition coefficient (Wildman–Crippen LogP) is 3.72. The van der Waals surface area contributed by atoms with Crippen molar-refractivity contribution in [2.24, 2.45) is 0 Å². The van der Waals surface area contributed by atoms with Crippen molar-refractivity contribution in [2.45, 2.75) is 17.0 Å². The Bertz CT molecular complexity index is 841. The van der Waals surface area contributed by atoms with Crippen LogP contribution in [0, 0.1) is 0 Å². The van der Waals surface area contributed by atoms with Crippen LogP contribution < -0.4 is 10.2 Å². The molecule has 1 spiro atoms. The van der Waals surface area contributed by atoms with Crippen molar-refractivity contribution in [1.29, 1.82) is 0 Å². The number of anilines is 2. The summed E-state index contributed by atoms with van der Waals surface area (Å²) in [6.45, 7) is 1.85. The summed E-state index contributed by atoms with van der Waals surface area (Å²) in [5.41, 5.74) is 2.33. The summed E-state index contributed by atoms with van der Waals surface area (Å²) >= 11 is 4.84. The first kappa shape index (κ1) is 14.8. The van der Waals surface area contributed by atoms with Crippen LogP contribution in [0.1, 0.15) is 12.5 Å². The molecule has 1 fully saturated rings. The molecule has 0 radical (unpaired) electrons. The summed E-state index contributed by atoms with van der Waals surface area (Å²) in [7, 11) is 0. The number of carbonyl (C=O) groups excluding carboxylic acids is 2. The van der Waals surface area contributed by atoms with E-state index in [9.17, 15) is 9.59 Å². The van der Waals surface area contributed by atoms with Gasteiger partial charge in [-0.15, -0.1) is 11.8 Å². The lowest BCUT2D eigenvalue weighted by Crippen LogP contribution is -2.47. The molecule has 6 heteroatoms. The smallest absolute Gasteiger partial charge is 0.266 e. The molecular formula is C17H13BrN2O2S. The number of benzene rings is 2. The number of hydrogen-bond donors (Lipinski definition) is 1. The number of hydrogen-bond acceptors (Lipinski definition) is 3. The molecule has 4 rings (SSSR count).